The predicted molar refractivity (Wildman–Crippen MR) is 78.6 cm³/mol. The fourth-order valence-electron chi connectivity index (χ4n) is 1.47. The third-order valence-corrected chi connectivity index (χ3v) is 3.36. The van der Waals surface area contributed by atoms with E-state index >= 15 is 0 Å². The van der Waals surface area contributed by atoms with Crippen molar-refractivity contribution < 1.29 is 0 Å². The molecule has 0 aliphatic carbocycles. The summed E-state index contributed by atoms with van der Waals surface area (Å²) in [6, 6.07) is 5.86. The van der Waals surface area contributed by atoms with Crippen molar-refractivity contribution in [3.05, 3.63) is 33.3 Å². The SMILES string of the molecule is CC(C)CNCCNCc1cc(Cl)ccc1Br. The topological polar surface area (TPSA) is 24.1 Å². The summed E-state index contributed by atoms with van der Waals surface area (Å²) in [7, 11) is 0. The Kier molecular flexibility index (Phi) is 7.12. The lowest BCUT2D eigenvalue weighted by molar-refractivity contribution is 0.535. The van der Waals surface area contributed by atoms with Gasteiger partial charge in [-0.15, -0.1) is 0 Å². The van der Waals surface area contributed by atoms with Crippen LogP contribution in [0.4, 0.5) is 0 Å². The highest BCUT2D eigenvalue weighted by Crippen LogP contribution is 2.20. The Bertz CT molecular complexity index is 342. The van der Waals surface area contributed by atoms with Crippen molar-refractivity contribution >= 4 is 27.5 Å². The van der Waals surface area contributed by atoms with E-state index in [0.29, 0.717) is 5.92 Å². The third-order valence-electron chi connectivity index (χ3n) is 2.35. The summed E-state index contributed by atoms with van der Waals surface area (Å²) < 4.78 is 1.10. The van der Waals surface area contributed by atoms with E-state index < -0.39 is 0 Å². The second-order valence-corrected chi connectivity index (χ2v) is 5.80. The van der Waals surface area contributed by atoms with Crippen LogP contribution in [0.25, 0.3) is 0 Å². The standard InChI is InChI=1S/C13H20BrClN2/c1-10(2)8-16-5-6-17-9-11-7-12(15)3-4-13(11)14/h3-4,7,10,16-17H,5-6,8-9H2,1-2H3. The minimum atomic E-state index is 0.706. The normalized spacial score (nSPS) is 11.1. The van der Waals surface area contributed by atoms with Crippen LogP contribution >= 0.6 is 27.5 Å². The molecular formula is C13H20BrClN2. The number of nitrogens with one attached hydrogen (secondary N) is 2. The van der Waals surface area contributed by atoms with Gasteiger partial charge in [-0.3, -0.25) is 0 Å². The van der Waals surface area contributed by atoms with Crippen LogP contribution < -0.4 is 10.6 Å². The lowest BCUT2D eigenvalue weighted by Gasteiger charge is -2.09. The predicted octanol–water partition coefficient (Wildman–Crippen LogP) is 3.44. The Morgan fingerprint density at radius 3 is 2.65 bits per heavy atom. The maximum atomic E-state index is 5.95. The highest BCUT2D eigenvalue weighted by Gasteiger charge is 2.00. The fourth-order valence-corrected chi connectivity index (χ4v) is 2.05. The molecule has 1 aromatic rings. The van der Waals surface area contributed by atoms with Crippen LogP contribution in [-0.2, 0) is 6.54 Å². The summed E-state index contributed by atoms with van der Waals surface area (Å²) in [5.74, 6) is 0.706. The number of hydrogen-bond acceptors (Lipinski definition) is 2. The lowest BCUT2D eigenvalue weighted by Crippen LogP contribution is -2.29. The van der Waals surface area contributed by atoms with E-state index in [1.165, 1.54) is 5.56 Å². The van der Waals surface area contributed by atoms with Crippen molar-refractivity contribution in [2.24, 2.45) is 5.92 Å². The summed E-state index contributed by atoms with van der Waals surface area (Å²) in [4.78, 5) is 0. The quantitative estimate of drug-likeness (QED) is 0.752. The van der Waals surface area contributed by atoms with Crippen LogP contribution in [0.5, 0.6) is 0 Å². The van der Waals surface area contributed by atoms with E-state index in [2.05, 4.69) is 40.4 Å². The summed E-state index contributed by atoms with van der Waals surface area (Å²) in [6.45, 7) is 8.29. The molecule has 0 amide bonds. The molecule has 17 heavy (non-hydrogen) atoms. The molecule has 0 aliphatic heterocycles. The van der Waals surface area contributed by atoms with Crippen LogP contribution in [0.3, 0.4) is 0 Å². The van der Waals surface area contributed by atoms with E-state index in [9.17, 15) is 0 Å². The molecule has 1 aromatic carbocycles. The van der Waals surface area contributed by atoms with E-state index in [-0.39, 0.29) is 0 Å². The van der Waals surface area contributed by atoms with E-state index in [0.717, 1.165) is 35.7 Å². The molecule has 4 heteroatoms. The van der Waals surface area contributed by atoms with Crippen LogP contribution in [0.1, 0.15) is 19.4 Å². The van der Waals surface area contributed by atoms with Gasteiger partial charge in [0.25, 0.3) is 0 Å². The van der Waals surface area contributed by atoms with Crippen LogP contribution in [-0.4, -0.2) is 19.6 Å². The zero-order chi connectivity index (χ0) is 12.7. The maximum absolute atomic E-state index is 5.95. The molecule has 0 aliphatic rings. The molecule has 2 N–H and O–H groups in total. The first-order valence-corrected chi connectivity index (χ1v) is 7.12. The Labute approximate surface area is 117 Å². The summed E-state index contributed by atoms with van der Waals surface area (Å²) >= 11 is 9.47. The van der Waals surface area contributed by atoms with E-state index in [1.54, 1.807) is 0 Å². The molecule has 0 radical (unpaired) electrons. The molecular weight excluding hydrogens is 300 g/mol. The fraction of sp³-hybridized carbons (Fsp3) is 0.538. The molecule has 0 heterocycles. The monoisotopic (exact) mass is 318 g/mol. The van der Waals surface area contributed by atoms with Crippen molar-refractivity contribution in [2.75, 3.05) is 19.6 Å². The second kappa shape index (κ2) is 8.09. The summed E-state index contributed by atoms with van der Waals surface area (Å²) in [5, 5.41) is 7.57. The molecule has 1 rings (SSSR count). The molecule has 0 fully saturated rings. The van der Waals surface area contributed by atoms with Gasteiger partial charge in [0.2, 0.25) is 0 Å². The van der Waals surface area contributed by atoms with Gasteiger partial charge in [0.05, 0.1) is 0 Å². The molecule has 96 valence electrons. The Balaban J connectivity index is 2.20. The first-order chi connectivity index (χ1) is 8.09. The zero-order valence-electron chi connectivity index (χ0n) is 10.4. The van der Waals surface area contributed by atoms with Gasteiger partial charge in [0.1, 0.15) is 0 Å². The van der Waals surface area contributed by atoms with Gasteiger partial charge in [-0.05, 0) is 36.2 Å². The highest BCUT2D eigenvalue weighted by molar-refractivity contribution is 9.10. The Morgan fingerprint density at radius 1 is 1.24 bits per heavy atom. The molecule has 0 unspecified atom stereocenters. The van der Waals surface area contributed by atoms with Gasteiger partial charge in [-0.1, -0.05) is 41.4 Å². The number of rotatable bonds is 7. The highest BCUT2D eigenvalue weighted by atomic mass is 79.9. The Morgan fingerprint density at radius 2 is 1.94 bits per heavy atom. The zero-order valence-corrected chi connectivity index (χ0v) is 12.7. The number of benzene rings is 1. The largest absolute Gasteiger partial charge is 0.315 e. The van der Waals surface area contributed by atoms with Crippen molar-refractivity contribution in [2.45, 2.75) is 20.4 Å². The van der Waals surface area contributed by atoms with Crippen molar-refractivity contribution in [1.29, 1.82) is 0 Å². The van der Waals surface area contributed by atoms with Crippen molar-refractivity contribution in [3.8, 4) is 0 Å². The smallest absolute Gasteiger partial charge is 0.0410 e. The number of halogens is 2. The van der Waals surface area contributed by atoms with Crippen molar-refractivity contribution in [1.82, 2.24) is 10.6 Å². The van der Waals surface area contributed by atoms with Gasteiger partial charge in [0, 0.05) is 29.1 Å². The summed E-state index contributed by atoms with van der Waals surface area (Å²) in [5.41, 5.74) is 1.20. The molecule has 0 aromatic heterocycles. The molecule has 0 bridgehead atoms. The van der Waals surface area contributed by atoms with Crippen LogP contribution in [0, 0.1) is 5.92 Å². The summed E-state index contributed by atoms with van der Waals surface area (Å²) in [6.07, 6.45) is 0. The van der Waals surface area contributed by atoms with Gasteiger partial charge < -0.3 is 10.6 Å². The van der Waals surface area contributed by atoms with Crippen LogP contribution in [0.2, 0.25) is 5.02 Å². The Hall–Kier alpha value is -0.0900. The van der Waals surface area contributed by atoms with Gasteiger partial charge >= 0.3 is 0 Å². The average molecular weight is 320 g/mol. The van der Waals surface area contributed by atoms with E-state index in [1.807, 2.05) is 18.2 Å². The molecule has 0 saturated carbocycles. The maximum Gasteiger partial charge on any atom is 0.0410 e. The molecule has 2 nitrogen and oxygen atoms in total. The molecule has 0 spiro atoms. The van der Waals surface area contributed by atoms with Crippen molar-refractivity contribution in [3.63, 3.8) is 0 Å². The molecule has 0 atom stereocenters. The average Bonchev–Trinajstić information content (AvgIpc) is 2.27. The minimum Gasteiger partial charge on any atom is -0.315 e. The molecule has 0 saturated heterocycles. The second-order valence-electron chi connectivity index (χ2n) is 4.51. The first-order valence-electron chi connectivity index (χ1n) is 5.95. The lowest BCUT2D eigenvalue weighted by atomic mass is 10.2. The van der Waals surface area contributed by atoms with E-state index in [4.69, 9.17) is 11.6 Å². The number of hydrogen-bond donors (Lipinski definition) is 2. The van der Waals surface area contributed by atoms with Gasteiger partial charge in [0.15, 0.2) is 0 Å². The van der Waals surface area contributed by atoms with Gasteiger partial charge in [-0.25, -0.2) is 0 Å². The first kappa shape index (κ1) is 15.0. The van der Waals surface area contributed by atoms with Gasteiger partial charge in [-0.2, -0.15) is 0 Å². The third kappa shape index (κ3) is 6.41. The van der Waals surface area contributed by atoms with Crippen LogP contribution in [0.15, 0.2) is 22.7 Å². The minimum absolute atomic E-state index is 0.706.